The number of aromatic nitrogens is 2. The van der Waals surface area contributed by atoms with Gasteiger partial charge in [0, 0.05) is 17.8 Å². The highest BCUT2D eigenvalue weighted by Crippen LogP contribution is 2.32. The van der Waals surface area contributed by atoms with Crippen molar-refractivity contribution in [3.05, 3.63) is 36.0 Å². The Morgan fingerprint density at radius 1 is 1.29 bits per heavy atom. The third-order valence-corrected chi connectivity index (χ3v) is 2.92. The topological polar surface area (TPSA) is 47.3 Å². The van der Waals surface area contributed by atoms with E-state index in [1.54, 1.807) is 16.9 Å². The Morgan fingerprint density at radius 2 is 2.00 bits per heavy atom. The molecule has 0 aliphatic rings. The Kier molecular flexibility index (Phi) is 4.22. The SMILES string of the molecule is CC(C)n1nccc1-c1cc(OC(F)(F)F)ccc1CO. The van der Waals surface area contributed by atoms with E-state index in [2.05, 4.69) is 9.84 Å². The molecule has 7 heteroatoms. The van der Waals surface area contributed by atoms with Gasteiger partial charge in [0.2, 0.25) is 0 Å². The van der Waals surface area contributed by atoms with E-state index >= 15 is 0 Å². The number of benzene rings is 1. The van der Waals surface area contributed by atoms with Crippen molar-refractivity contribution in [2.45, 2.75) is 32.9 Å². The van der Waals surface area contributed by atoms with Crippen LogP contribution in [0.5, 0.6) is 5.75 Å². The predicted molar refractivity (Wildman–Crippen MR) is 70.7 cm³/mol. The molecule has 1 aromatic heterocycles. The lowest BCUT2D eigenvalue weighted by Gasteiger charge is -2.15. The summed E-state index contributed by atoms with van der Waals surface area (Å²) in [7, 11) is 0. The van der Waals surface area contributed by atoms with Crippen LogP contribution in [-0.2, 0) is 6.61 Å². The number of hydrogen-bond acceptors (Lipinski definition) is 3. The number of hydrogen-bond donors (Lipinski definition) is 1. The molecule has 0 radical (unpaired) electrons. The van der Waals surface area contributed by atoms with E-state index < -0.39 is 6.36 Å². The molecule has 4 nitrogen and oxygen atoms in total. The quantitative estimate of drug-likeness (QED) is 0.939. The number of halogens is 3. The van der Waals surface area contributed by atoms with Crippen LogP contribution in [0, 0.1) is 0 Å². The van der Waals surface area contributed by atoms with Crippen LogP contribution in [0.15, 0.2) is 30.5 Å². The van der Waals surface area contributed by atoms with Gasteiger partial charge in [-0.1, -0.05) is 6.07 Å². The molecule has 0 amide bonds. The Bertz CT molecular complexity index is 621. The van der Waals surface area contributed by atoms with Gasteiger partial charge in [-0.05, 0) is 37.6 Å². The number of aliphatic hydroxyl groups excluding tert-OH is 1. The van der Waals surface area contributed by atoms with Crippen LogP contribution in [0.3, 0.4) is 0 Å². The van der Waals surface area contributed by atoms with Crippen LogP contribution in [0.2, 0.25) is 0 Å². The predicted octanol–water partition coefficient (Wildman–Crippen LogP) is 3.52. The van der Waals surface area contributed by atoms with Crippen LogP contribution in [0.4, 0.5) is 13.2 Å². The van der Waals surface area contributed by atoms with Crippen molar-refractivity contribution < 1.29 is 23.0 Å². The molecule has 2 aromatic rings. The highest BCUT2D eigenvalue weighted by molar-refractivity contribution is 5.66. The van der Waals surface area contributed by atoms with Gasteiger partial charge in [0.05, 0.1) is 12.3 Å². The number of ether oxygens (including phenoxy) is 1. The number of rotatable bonds is 4. The lowest BCUT2D eigenvalue weighted by atomic mass is 10.0. The molecule has 1 aromatic carbocycles. The summed E-state index contributed by atoms with van der Waals surface area (Å²) in [6.07, 6.45) is -3.19. The fourth-order valence-corrected chi connectivity index (χ4v) is 2.07. The molecule has 0 spiro atoms. The Morgan fingerprint density at radius 3 is 2.57 bits per heavy atom. The van der Waals surface area contributed by atoms with Crippen LogP contribution in [-0.4, -0.2) is 21.2 Å². The second-order valence-electron chi connectivity index (χ2n) is 4.78. The van der Waals surface area contributed by atoms with Crippen LogP contribution >= 0.6 is 0 Å². The van der Waals surface area contributed by atoms with Gasteiger partial charge in [-0.2, -0.15) is 5.10 Å². The molecule has 21 heavy (non-hydrogen) atoms. The molecule has 1 heterocycles. The van der Waals surface area contributed by atoms with E-state index in [4.69, 9.17) is 0 Å². The Balaban J connectivity index is 2.50. The van der Waals surface area contributed by atoms with E-state index in [1.165, 1.54) is 18.2 Å². The number of nitrogens with zero attached hydrogens (tertiary/aromatic N) is 2. The molecule has 0 aliphatic heterocycles. The van der Waals surface area contributed by atoms with E-state index in [0.29, 0.717) is 16.8 Å². The van der Waals surface area contributed by atoms with Crippen molar-refractivity contribution in [2.75, 3.05) is 0 Å². The maximum atomic E-state index is 12.3. The second kappa shape index (κ2) is 5.77. The smallest absolute Gasteiger partial charge is 0.406 e. The van der Waals surface area contributed by atoms with Gasteiger partial charge in [0.25, 0.3) is 0 Å². The molecule has 1 N–H and O–H groups in total. The summed E-state index contributed by atoms with van der Waals surface area (Å²) in [5.41, 5.74) is 1.60. The molecule has 0 saturated carbocycles. The number of aliphatic hydroxyl groups is 1. The molecule has 0 aliphatic carbocycles. The van der Waals surface area contributed by atoms with Gasteiger partial charge in [0.1, 0.15) is 5.75 Å². The van der Waals surface area contributed by atoms with E-state index in [9.17, 15) is 18.3 Å². The van der Waals surface area contributed by atoms with E-state index in [0.717, 1.165) is 0 Å². The average molecular weight is 300 g/mol. The zero-order valence-electron chi connectivity index (χ0n) is 11.6. The molecule has 0 bridgehead atoms. The highest BCUT2D eigenvalue weighted by Gasteiger charge is 2.31. The number of alkyl halides is 3. The normalized spacial score (nSPS) is 12.0. The molecule has 0 atom stereocenters. The van der Waals surface area contributed by atoms with Gasteiger partial charge < -0.3 is 9.84 Å². The zero-order valence-corrected chi connectivity index (χ0v) is 11.6. The second-order valence-corrected chi connectivity index (χ2v) is 4.78. The minimum Gasteiger partial charge on any atom is -0.406 e. The molecular formula is C14H15F3N2O2. The molecular weight excluding hydrogens is 285 g/mol. The maximum Gasteiger partial charge on any atom is 0.573 e. The first-order valence-electron chi connectivity index (χ1n) is 6.35. The van der Waals surface area contributed by atoms with Crippen LogP contribution in [0.25, 0.3) is 11.3 Å². The fourth-order valence-electron chi connectivity index (χ4n) is 2.07. The summed E-state index contributed by atoms with van der Waals surface area (Å²) in [5, 5.41) is 13.5. The summed E-state index contributed by atoms with van der Waals surface area (Å²) in [6, 6.07) is 5.57. The van der Waals surface area contributed by atoms with Gasteiger partial charge >= 0.3 is 6.36 Å². The summed E-state index contributed by atoms with van der Waals surface area (Å²) >= 11 is 0. The molecule has 114 valence electrons. The first-order valence-corrected chi connectivity index (χ1v) is 6.35. The van der Waals surface area contributed by atoms with E-state index in [-0.39, 0.29) is 18.4 Å². The van der Waals surface area contributed by atoms with Crippen molar-refractivity contribution in [3.63, 3.8) is 0 Å². The molecule has 0 unspecified atom stereocenters. The first-order chi connectivity index (χ1) is 9.81. The lowest BCUT2D eigenvalue weighted by Crippen LogP contribution is -2.17. The molecule has 2 rings (SSSR count). The minimum absolute atomic E-state index is 0.0359. The highest BCUT2D eigenvalue weighted by atomic mass is 19.4. The fraction of sp³-hybridized carbons (Fsp3) is 0.357. The van der Waals surface area contributed by atoms with Crippen LogP contribution < -0.4 is 4.74 Å². The third-order valence-electron chi connectivity index (χ3n) is 2.92. The summed E-state index contributed by atoms with van der Waals surface area (Å²) in [5.74, 6) is -0.328. The van der Waals surface area contributed by atoms with Gasteiger partial charge in [0.15, 0.2) is 0 Å². The van der Waals surface area contributed by atoms with Crippen molar-refractivity contribution in [1.29, 1.82) is 0 Å². The van der Waals surface area contributed by atoms with Gasteiger partial charge in [-0.15, -0.1) is 13.2 Å². The Labute approximate surface area is 119 Å². The summed E-state index contributed by atoms with van der Waals surface area (Å²) in [6.45, 7) is 3.53. The molecule has 0 saturated heterocycles. The van der Waals surface area contributed by atoms with Crippen molar-refractivity contribution in [2.24, 2.45) is 0 Å². The van der Waals surface area contributed by atoms with Crippen LogP contribution in [0.1, 0.15) is 25.5 Å². The van der Waals surface area contributed by atoms with Crippen molar-refractivity contribution >= 4 is 0 Å². The average Bonchev–Trinajstić information content (AvgIpc) is 2.85. The monoisotopic (exact) mass is 300 g/mol. The lowest BCUT2D eigenvalue weighted by molar-refractivity contribution is -0.274. The van der Waals surface area contributed by atoms with Gasteiger partial charge in [-0.25, -0.2) is 0 Å². The van der Waals surface area contributed by atoms with Gasteiger partial charge in [-0.3, -0.25) is 4.68 Å². The summed E-state index contributed by atoms with van der Waals surface area (Å²) < 4.78 is 42.6. The first kappa shape index (κ1) is 15.4. The molecule has 0 fully saturated rings. The minimum atomic E-state index is -4.75. The maximum absolute atomic E-state index is 12.3. The standard InChI is InChI=1S/C14H15F3N2O2/c1-9(2)19-13(5-6-18-19)12-7-11(21-14(15,16)17)4-3-10(12)8-20/h3-7,9,20H,8H2,1-2H3. The van der Waals surface area contributed by atoms with Crippen molar-refractivity contribution in [1.82, 2.24) is 9.78 Å². The largest absolute Gasteiger partial charge is 0.573 e. The zero-order chi connectivity index (χ0) is 15.6. The Hall–Kier alpha value is -2.02. The van der Waals surface area contributed by atoms with E-state index in [1.807, 2.05) is 13.8 Å². The van der Waals surface area contributed by atoms with Crippen molar-refractivity contribution in [3.8, 4) is 17.0 Å². The summed E-state index contributed by atoms with van der Waals surface area (Å²) in [4.78, 5) is 0. The third kappa shape index (κ3) is 3.55.